The Hall–Kier alpha value is -11.2. The molecule has 0 amide bonds. The fourth-order valence-electron chi connectivity index (χ4n) is 13.7. The summed E-state index contributed by atoms with van der Waals surface area (Å²) in [7, 11) is -9.13. The number of carbonyl (C=O) groups excluding carboxylic acids is 2. The van der Waals surface area contributed by atoms with Gasteiger partial charge < -0.3 is 44.6 Å². The van der Waals surface area contributed by atoms with E-state index in [1.165, 1.54) is 80.5 Å². The minimum absolute atomic E-state index is 0.0308. The van der Waals surface area contributed by atoms with Crippen LogP contribution >= 0.6 is 0 Å². The highest BCUT2D eigenvalue weighted by atomic mass is 32.2. The average Bonchev–Trinajstić information content (AvgIpc) is 1.64. The number of carbonyl (C=O) groups is 3. The van der Waals surface area contributed by atoms with Crippen LogP contribution in [-0.4, -0.2) is 142 Å². The van der Waals surface area contributed by atoms with Crippen LogP contribution in [0.2, 0.25) is 0 Å². The van der Waals surface area contributed by atoms with Crippen molar-refractivity contribution < 1.29 is 81.6 Å². The molecule has 113 heavy (non-hydrogen) atoms. The number of nitrogens with two attached hydrogens (primary N) is 1. The Morgan fingerprint density at radius 1 is 0.442 bits per heavy atom. The van der Waals surface area contributed by atoms with Crippen molar-refractivity contribution >= 4 is 86.1 Å². The predicted octanol–water partition coefficient (Wildman–Crippen LogP) is 12.8. The Balaban J connectivity index is 0.000000144. The minimum atomic E-state index is -3.96. The summed E-state index contributed by atoms with van der Waals surface area (Å²) >= 11 is 0. The number of nitrogens with zero attached hydrogens (tertiary/aromatic N) is 4. The molecule has 10 aromatic rings. The third-order valence-electron chi connectivity index (χ3n) is 19.4. The number of aryl methyl sites for hydroxylation is 1. The van der Waals surface area contributed by atoms with Crippen LogP contribution in [0, 0.1) is 0 Å². The lowest BCUT2D eigenvalue weighted by Crippen LogP contribution is -2.52. The number of rotatable bonds is 16. The molecule has 0 saturated carbocycles. The molecule has 29 heteroatoms. The zero-order valence-electron chi connectivity index (χ0n) is 62.7. The molecule has 6 heterocycles. The molecule has 16 rings (SSSR count). The Kier molecular flexibility index (Phi) is 27.1. The van der Waals surface area contributed by atoms with Crippen LogP contribution in [-0.2, 0) is 72.2 Å². The standard InChI is InChI=1S/C25H26N2O7S2.C18H20N2O4S.C16H15NO4S.C10H12O2.C9H9NO.C6H7N/c1-32-19-7-11-21(12-8-19)35(28,29)26-16-15-25(23-5-3-4-6-24(23)26)27(17-18-34-25)36(30,31)22-13-9-20(33-2)10-14-22;1-23-14-6-8-15(9-7-14)25(21,22)20-12-10-18(19-11-13-24-18)16-4-2-3-5-17(16)20;1-21-12-6-8-13(9-7-12)22(19,20)17-11-10-16(18)14-4-2-3-5-15(14)17;11-10(12)8-4-7-9-5-2-1-3-6-9;11-9-5-6-10-8-4-2-1-3-7(8)9;7-6-4-2-1-3-5-6/h3-14H,15-18H2,1-2H3;2-9,19H,10-13H2,1H3;2-9H,10-11H2,1H3;1-3,5-6H,4,7-8H2,(H,11,12);1-4,10H,5-6H2;1-5H,7H2. The minimum Gasteiger partial charge on any atom is -0.497 e. The second-order valence-electron chi connectivity index (χ2n) is 26.3. The van der Waals surface area contributed by atoms with E-state index >= 15 is 0 Å². The zero-order chi connectivity index (χ0) is 80.4. The van der Waals surface area contributed by atoms with Gasteiger partial charge in [0.25, 0.3) is 30.1 Å². The highest BCUT2D eigenvalue weighted by Gasteiger charge is 2.55. The normalized spacial score (nSPS) is 17.4. The molecule has 2 fully saturated rings. The lowest BCUT2D eigenvalue weighted by molar-refractivity contribution is -0.137. The second kappa shape index (κ2) is 37.0. The van der Waals surface area contributed by atoms with E-state index in [1.54, 1.807) is 116 Å². The molecule has 0 aliphatic carbocycles. The zero-order valence-corrected chi connectivity index (χ0v) is 66.0. The van der Waals surface area contributed by atoms with Gasteiger partial charge in [-0.15, -0.1) is 0 Å². The maximum Gasteiger partial charge on any atom is 0.303 e. The van der Waals surface area contributed by atoms with Crippen LogP contribution in [0.1, 0.15) is 75.9 Å². The van der Waals surface area contributed by atoms with Gasteiger partial charge in [-0.05, 0) is 164 Å². The fraction of sp³-hybridized carbons (Fsp3) is 0.250. The number of methoxy groups -OCH3 is 4. The summed E-state index contributed by atoms with van der Waals surface area (Å²) in [5.74, 6) is 1.81. The smallest absolute Gasteiger partial charge is 0.303 e. The fourth-order valence-corrected chi connectivity index (χ4v) is 19.8. The summed E-state index contributed by atoms with van der Waals surface area (Å²) in [6, 6.07) is 73.3. The molecule has 2 saturated heterocycles. The van der Waals surface area contributed by atoms with Crippen molar-refractivity contribution in [2.75, 3.05) is 105 Å². The van der Waals surface area contributed by atoms with Crippen LogP contribution in [0.5, 0.6) is 23.0 Å². The molecule has 592 valence electrons. The number of hydrogen-bond donors (Lipinski definition) is 4. The van der Waals surface area contributed by atoms with Gasteiger partial charge in [0.15, 0.2) is 17.3 Å². The number of nitrogen functional groups attached to an aromatic ring is 1. The summed E-state index contributed by atoms with van der Waals surface area (Å²) in [4.78, 5) is 34.0. The van der Waals surface area contributed by atoms with Crippen LogP contribution in [0.3, 0.4) is 0 Å². The molecule has 6 aliphatic heterocycles. The van der Waals surface area contributed by atoms with E-state index in [1.807, 2.05) is 109 Å². The van der Waals surface area contributed by atoms with Crippen molar-refractivity contribution in [1.82, 2.24) is 9.62 Å². The molecule has 2 spiro atoms. The summed E-state index contributed by atoms with van der Waals surface area (Å²) in [6.07, 6.45) is 3.35. The Bertz CT molecular complexity index is 5400. The number of benzene rings is 10. The number of nitrogens with one attached hydrogen (secondary N) is 2. The van der Waals surface area contributed by atoms with Crippen molar-refractivity contribution in [3.05, 3.63) is 283 Å². The van der Waals surface area contributed by atoms with Gasteiger partial charge in [0.05, 0.1) is 78.3 Å². The van der Waals surface area contributed by atoms with Gasteiger partial charge in [0, 0.05) is 105 Å². The number of carboxylic acid groups (broad SMARTS) is 1. The van der Waals surface area contributed by atoms with Gasteiger partial charge in [-0.2, -0.15) is 4.31 Å². The van der Waals surface area contributed by atoms with Gasteiger partial charge in [-0.3, -0.25) is 32.6 Å². The molecule has 0 radical (unpaired) electrons. The van der Waals surface area contributed by atoms with Gasteiger partial charge in [-0.1, -0.05) is 109 Å². The molecule has 0 aromatic heterocycles. The molecule has 2 unspecified atom stereocenters. The van der Waals surface area contributed by atoms with Gasteiger partial charge in [0.1, 0.15) is 28.7 Å². The van der Waals surface area contributed by atoms with E-state index < -0.39 is 57.5 Å². The quantitative estimate of drug-likeness (QED) is 0.0653. The van der Waals surface area contributed by atoms with Gasteiger partial charge in [-0.25, -0.2) is 33.7 Å². The van der Waals surface area contributed by atoms with Crippen LogP contribution in [0.25, 0.3) is 0 Å². The van der Waals surface area contributed by atoms with Crippen LogP contribution in [0.15, 0.2) is 274 Å². The van der Waals surface area contributed by atoms with Gasteiger partial charge >= 0.3 is 5.97 Å². The Morgan fingerprint density at radius 2 is 0.867 bits per heavy atom. The van der Waals surface area contributed by atoms with Crippen LogP contribution in [0.4, 0.5) is 28.4 Å². The first-order valence-corrected chi connectivity index (χ1v) is 42.1. The molecular formula is C84H89N7O18S4. The highest BCUT2D eigenvalue weighted by molar-refractivity contribution is 7.93. The van der Waals surface area contributed by atoms with E-state index in [0.717, 1.165) is 48.4 Å². The molecule has 6 aliphatic rings. The molecule has 0 bridgehead atoms. The van der Waals surface area contributed by atoms with Gasteiger partial charge in [0.2, 0.25) is 10.0 Å². The highest BCUT2D eigenvalue weighted by Crippen LogP contribution is 2.50. The monoisotopic (exact) mass is 1610 g/mol. The number of aliphatic carboxylic acids is 1. The third kappa shape index (κ3) is 19.0. The first kappa shape index (κ1) is 82.8. The third-order valence-corrected chi connectivity index (χ3v) is 26.8. The largest absolute Gasteiger partial charge is 0.497 e. The van der Waals surface area contributed by atoms with Crippen molar-refractivity contribution in [1.29, 1.82) is 0 Å². The topological polar surface area (TPSA) is 326 Å². The number of Topliss-reactive ketones (excluding diaryl/α,β-unsaturated/α-hetero) is 2. The number of anilines is 5. The van der Waals surface area contributed by atoms with Crippen molar-refractivity contribution in [3.63, 3.8) is 0 Å². The van der Waals surface area contributed by atoms with Crippen molar-refractivity contribution in [3.8, 4) is 23.0 Å². The number of ether oxygens (including phenoxy) is 6. The van der Waals surface area contributed by atoms with E-state index in [2.05, 4.69) is 10.6 Å². The number of carboxylic acids is 1. The first-order chi connectivity index (χ1) is 54.4. The predicted molar refractivity (Wildman–Crippen MR) is 432 cm³/mol. The number of sulfonamides is 4. The summed E-state index contributed by atoms with van der Waals surface area (Å²) in [5, 5.41) is 15.0. The molecule has 2 atom stereocenters. The number of para-hydroxylation sites is 5. The molecule has 25 nitrogen and oxygen atoms in total. The number of ketones is 2. The van der Waals surface area contributed by atoms with E-state index in [-0.39, 0.29) is 76.7 Å². The molecule has 10 aromatic carbocycles. The van der Waals surface area contributed by atoms with E-state index in [9.17, 15) is 48.1 Å². The Labute approximate surface area is 659 Å². The lowest BCUT2D eigenvalue weighted by atomic mass is 9.94. The molecular weight excluding hydrogens is 1520 g/mol. The second-order valence-corrected chi connectivity index (χ2v) is 33.7. The van der Waals surface area contributed by atoms with Crippen LogP contribution < -0.4 is 48.2 Å². The maximum absolute atomic E-state index is 13.7. The summed E-state index contributed by atoms with van der Waals surface area (Å²) < 4.78 is 145. The summed E-state index contributed by atoms with van der Waals surface area (Å²) in [5.41, 5.74) is 10.6. The maximum atomic E-state index is 13.7. The van der Waals surface area contributed by atoms with E-state index in [0.29, 0.717) is 77.2 Å². The van der Waals surface area contributed by atoms with Crippen molar-refractivity contribution in [2.24, 2.45) is 0 Å². The van der Waals surface area contributed by atoms with E-state index in [4.69, 9.17) is 39.3 Å². The summed E-state index contributed by atoms with van der Waals surface area (Å²) in [6.45, 7) is 3.06. The lowest BCUT2D eigenvalue weighted by Gasteiger charge is -2.44. The Morgan fingerprint density at radius 3 is 1.35 bits per heavy atom. The average molecular weight is 1610 g/mol. The number of hydrogen-bond acceptors (Lipinski definition) is 20. The molecule has 5 N–H and O–H groups in total. The number of fused-ring (bicyclic) bond motifs is 6. The van der Waals surface area contributed by atoms with Crippen molar-refractivity contribution in [2.45, 2.75) is 76.0 Å². The first-order valence-electron chi connectivity index (χ1n) is 36.3. The SMILES string of the molecule is COc1ccc(S(=O)(=O)N2CCC(=O)c3ccccc32)cc1.COc1ccc(S(=O)(=O)N2CCC3(NCCO3)c3ccccc32)cc1.COc1ccc(S(=O)(=O)N2CCC3(OCCN3S(=O)(=O)c3ccc(OC)cc3)c3ccccc32)cc1.Nc1ccccc1.O=C(O)CCCc1ccccc1.O=C1CCNc2ccccc21.